The largest absolute Gasteiger partial charge is 0.384 e. The lowest BCUT2D eigenvalue weighted by Crippen LogP contribution is -2.56. The normalized spacial score (nSPS) is 43.4. The molecule has 1 aromatic rings. The minimum atomic E-state index is -1.06. The van der Waals surface area contributed by atoms with Crippen LogP contribution in [0.15, 0.2) is 17.3 Å². The van der Waals surface area contributed by atoms with Gasteiger partial charge in [-0.15, -0.1) is 0 Å². The predicted octanol–water partition coefficient (Wildman–Crippen LogP) is 5.11. The van der Waals surface area contributed by atoms with Crippen molar-refractivity contribution in [3.05, 3.63) is 12.4 Å². The molecule has 4 aliphatic carbocycles. The smallest absolute Gasteiger partial charge is 0.157 e. The number of Topliss-reactive ketones (excluding diaryl/α,β-unsaturated/α-hetero) is 1. The van der Waals surface area contributed by atoms with Crippen molar-refractivity contribution in [1.82, 2.24) is 9.78 Å². The fourth-order valence-electron chi connectivity index (χ4n) is 9.19. The molecule has 5 rings (SSSR count). The molecule has 0 aliphatic heterocycles. The second-order valence-corrected chi connectivity index (χ2v) is 13.5. The number of carbonyl (C=O) groups excluding carboxylic acids is 1. The van der Waals surface area contributed by atoms with Gasteiger partial charge in [0, 0.05) is 25.5 Å². The lowest BCUT2D eigenvalue weighted by atomic mass is 9.44. The third-order valence-electron chi connectivity index (χ3n) is 10.7. The minimum Gasteiger partial charge on any atom is -0.384 e. The van der Waals surface area contributed by atoms with Gasteiger partial charge in [-0.05, 0) is 91.8 Å². The van der Waals surface area contributed by atoms with Gasteiger partial charge in [-0.1, -0.05) is 20.3 Å². The van der Waals surface area contributed by atoms with Crippen molar-refractivity contribution < 1.29 is 13.7 Å². The zero-order valence-corrected chi connectivity index (χ0v) is 21.7. The molecular formula is C27H42N2O3S. The van der Waals surface area contributed by atoms with E-state index in [1.807, 2.05) is 7.11 Å². The summed E-state index contributed by atoms with van der Waals surface area (Å²) in [6.45, 7) is 6.11. The summed E-state index contributed by atoms with van der Waals surface area (Å²) in [5.41, 5.74) is 0.486. The van der Waals surface area contributed by atoms with E-state index in [9.17, 15) is 9.00 Å². The molecule has 0 radical (unpaired) electrons. The first-order chi connectivity index (χ1) is 15.8. The Labute approximate surface area is 201 Å². The number of ether oxygens (including phenoxy) is 1. The summed E-state index contributed by atoms with van der Waals surface area (Å²) < 4.78 is 19.3. The molecular weight excluding hydrogens is 432 g/mol. The van der Waals surface area contributed by atoms with Crippen molar-refractivity contribution in [3.63, 3.8) is 0 Å². The van der Waals surface area contributed by atoms with Crippen LogP contribution >= 0.6 is 0 Å². The first kappa shape index (κ1) is 23.7. The number of hydrogen-bond acceptors (Lipinski definition) is 4. The second-order valence-electron chi connectivity index (χ2n) is 12.2. The van der Waals surface area contributed by atoms with E-state index in [1.54, 1.807) is 23.3 Å². The highest BCUT2D eigenvalue weighted by Gasteiger charge is 2.62. The molecule has 33 heavy (non-hydrogen) atoms. The number of rotatable bonds is 6. The number of aromatic nitrogens is 2. The summed E-state index contributed by atoms with van der Waals surface area (Å²) in [6.07, 6.45) is 16.5. The Bertz CT molecular complexity index is 915. The second kappa shape index (κ2) is 8.89. The van der Waals surface area contributed by atoms with Gasteiger partial charge in [0.05, 0.1) is 35.0 Å². The van der Waals surface area contributed by atoms with Crippen molar-refractivity contribution in [3.8, 4) is 0 Å². The van der Waals surface area contributed by atoms with Crippen LogP contribution in [0.25, 0.3) is 0 Å². The van der Waals surface area contributed by atoms with E-state index in [1.165, 1.54) is 51.4 Å². The molecule has 9 unspecified atom stereocenters. The number of methoxy groups -OCH3 is 1. The zero-order valence-electron chi connectivity index (χ0n) is 20.9. The van der Waals surface area contributed by atoms with Crippen LogP contribution in [0.2, 0.25) is 0 Å². The fraction of sp³-hybridized carbons (Fsp3) is 0.852. The first-order valence-electron chi connectivity index (χ1n) is 13.2. The van der Waals surface area contributed by atoms with Crippen LogP contribution in [0.1, 0.15) is 71.6 Å². The lowest BCUT2D eigenvalue weighted by Gasteiger charge is -2.61. The molecule has 1 heterocycles. The van der Waals surface area contributed by atoms with E-state index < -0.39 is 10.8 Å². The van der Waals surface area contributed by atoms with Gasteiger partial charge in [0.15, 0.2) is 5.78 Å². The van der Waals surface area contributed by atoms with Gasteiger partial charge in [0.1, 0.15) is 0 Å². The molecule has 0 aromatic carbocycles. The molecule has 0 spiro atoms. The molecule has 0 bridgehead atoms. The van der Waals surface area contributed by atoms with E-state index in [0.29, 0.717) is 28.6 Å². The Morgan fingerprint density at radius 2 is 2.00 bits per heavy atom. The Morgan fingerprint density at radius 3 is 2.73 bits per heavy atom. The van der Waals surface area contributed by atoms with Gasteiger partial charge in [-0.25, -0.2) is 0 Å². The van der Waals surface area contributed by atoms with Crippen molar-refractivity contribution in [2.45, 2.75) is 83.1 Å². The Balaban J connectivity index is 1.35. The minimum absolute atomic E-state index is 0.116. The number of carbonyl (C=O) groups is 1. The summed E-state index contributed by atoms with van der Waals surface area (Å²) in [4.78, 5) is 14.2. The molecule has 0 N–H and O–H groups in total. The third-order valence-corrected chi connectivity index (χ3v) is 11.6. The Hall–Kier alpha value is -1.01. The number of ketones is 1. The van der Waals surface area contributed by atoms with E-state index in [2.05, 4.69) is 18.9 Å². The molecule has 184 valence electrons. The molecule has 5 nitrogen and oxygen atoms in total. The Kier molecular flexibility index (Phi) is 6.39. The summed E-state index contributed by atoms with van der Waals surface area (Å²) in [5, 5.41) is 4.31. The van der Waals surface area contributed by atoms with Crippen molar-refractivity contribution in [1.29, 1.82) is 0 Å². The quantitative estimate of drug-likeness (QED) is 0.575. The maximum Gasteiger partial charge on any atom is 0.157 e. The van der Waals surface area contributed by atoms with Crippen molar-refractivity contribution in [2.75, 3.05) is 20.0 Å². The van der Waals surface area contributed by atoms with Crippen LogP contribution in [-0.4, -0.2) is 39.7 Å². The van der Waals surface area contributed by atoms with Crippen LogP contribution in [0, 0.1) is 46.3 Å². The van der Waals surface area contributed by atoms with Crippen molar-refractivity contribution >= 4 is 16.6 Å². The third kappa shape index (κ3) is 3.87. The fourth-order valence-corrected chi connectivity index (χ4v) is 9.66. The van der Waals surface area contributed by atoms with Gasteiger partial charge in [-0.3, -0.25) is 13.7 Å². The zero-order chi connectivity index (χ0) is 23.4. The standard InChI is InChI=1S/C27H42N2O3S/c1-18-9-12-27(17-32-3)19(13-18)5-6-21-22-7-8-24(26(22,2)11-10-23(21)27)25(30)16-29-15-20(14-28-29)33(4)31/h14-15,18-19,21-24H,5-13,16-17H2,1-4H3. The van der Waals surface area contributed by atoms with E-state index in [4.69, 9.17) is 4.74 Å². The van der Waals surface area contributed by atoms with Crippen LogP contribution in [0.3, 0.4) is 0 Å². The van der Waals surface area contributed by atoms with Gasteiger partial charge >= 0.3 is 0 Å². The topological polar surface area (TPSA) is 61.2 Å². The van der Waals surface area contributed by atoms with Gasteiger partial charge < -0.3 is 4.74 Å². The van der Waals surface area contributed by atoms with Gasteiger partial charge in [0.2, 0.25) is 0 Å². The summed E-state index contributed by atoms with van der Waals surface area (Å²) in [7, 11) is 0.841. The van der Waals surface area contributed by atoms with Crippen LogP contribution in [0.4, 0.5) is 0 Å². The molecule has 4 saturated carbocycles. The van der Waals surface area contributed by atoms with E-state index >= 15 is 0 Å². The summed E-state index contributed by atoms with van der Waals surface area (Å²) in [5.74, 6) is 4.31. The maximum absolute atomic E-state index is 13.5. The number of nitrogens with zero attached hydrogens (tertiary/aromatic N) is 2. The molecule has 0 amide bonds. The monoisotopic (exact) mass is 474 g/mol. The highest BCUT2D eigenvalue weighted by Crippen LogP contribution is 2.68. The average molecular weight is 475 g/mol. The first-order valence-corrected chi connectivity index (χ1v) is 14.7. The summed E-state index contributed by atoms with van der Waals surface area (Å²) >= 11 is 0. The Morgan fingerprint density at radius 1 is 1.18 bits per heavy atom. The maximum atomic E-state index is 13.5. The van der Waals surface area contributed by atoms with Gasteiger partial charge in [0.25, 0.3) is 0 Å². The molecule has 6 heteroatoms. The van der Waals surface area contributed by atoms with Crippen LogP contribution in [0.5, 0.6) is 0 Å². The number of fused-ring (bicyclic) bond motifs is 5. The highest BCUT2D eigenvalue weighted by atomic mass is 32.2. The molecule has 1 aromatic heterocycles. The molecule has 4 fully saturated rings. The van der Waals surface area contributed by atoms with Crippen molar-refractivity contribution in [2.24, 2.45) is 46.3 Å². The van der Waals surface area contributed by atoms with Crippen LogP contribution < -0.4 is 0 Å². The predicted molar refractivity (Wildman–Crippen MR) is 130 cm³/mol. The molecule has 9 atom stereocenters. The molecule has 4 aliphatic rings. The van der Waals surface area contributed by atoms with Crippen LogP contribution in [-0.2, 0) is 26.9 Å². The van der Waals surface area contributed by atoms with Gasteiger partial charge in [-0.2, -0.15) is 5.10 Å². The molecule has 0 saturated heterocycles. The lowest BCUT2D eigenvalue weighted by molar-refractivity contribution is -0.154. The van der Waals surface area contributed by atoms with E-state index in [0.717, 1.165) is 36.7 Å². The number of hydrogen-bond donors (Lipinski definition) is 0. The average Bonchev–Trinajstić information content (AvgIpc) is 3.38. The van der Waals surface area contributed by atoms with E-state index in [-0.39, 0.29) is 11.3 Å². The SMILES string of the molecule is COCC12CCC(C)CC1CCC1C3CCC(C(=O)Cn4cc(S(C)=O)cn4)C3(C)CCC12. The summed E-state index contributed by atoms with van der Waals surface area (Å²) in [6, 6.07) is 0. The highest BCUT2D eigenvalue weighted by molar-refractivity contribution is 7.84.